The van der Waals surface area contributed by atoms with Gasteiger partial charge in [-0.1, -0.05) is 102 Å². The van der Waals surface area contributed by atoms with Crippen LogP contribution >= 0.6 is 0 Å². The molecule has 1 saturated carbocycles. The SMILES string of the molecule is CCCCCCCCC1CCCC(CCc2ccc(-c3ccc(OCCC)cn3)cc2)C1. The van der Waals surface area contributed by atoms with Gasteiger partial charge in [0.25, 0.3) is 0 Å². The predicted octanol–water partition coefficient (Wildman–Crippen LogP) is 9.03. The van der Waals surface area contributed by atoms with Crippen LogP contribution < -0.4 is 4.74 Å². The molecule has 0 N–H and O–H groups in total. The monoisotopic (exact) mass is 435 g/mol. The highest BCUT2D eigenvalue weighted by Gasteiger charge is 2.21. The highest BCUT2D eigenvalue weighted by Crippen LogP contribution is 2.35. The number of pyridine rings is 1. The van der Waals surface area contributed by atoms with E-state index in [1.54, 1.807) is 0 Å². The summed E-state index contributed by atoms with van der Waals surface area (Å²) < 4.78 is 5.64. The maximum Gasteiger partial charge on any atom is 0.137 e. The normalized spacial score (nSPS) is 18.6. The van der Waals surface area contributed by atoms with E-state index in [-0.39, 0.29) is 0 Å². The Kier molecular flexibility index (Phi) is 11.1. The van der Waals surface area contributed by atoms with Crippen LogP contribution in [0.4, 0.5) is 0 Å². The molecular formula is C30H45NO. The van der Waals surface area contributed by atoms with E-state index in [2.05, 4.69) is 49.2 Å². The van der Waals surface area contributed by atoms with Crippen molar-refractivity contribution >= 4 is 0 Å². The van der Waals surface area contributed by atoms with Crippen molar-refractivity contribution in [2.45, 2.75) is 104 Å². The van der Waals surface area contributed by atoms with Gasteiger partial charge in [-0.25, -0.2) is 0 Å². The van der Waals surface area contributed by atoms with Gasteiger partial charge in [0.15, 0.2) is 0 Å². The van der Waals surface area contributed by atoms with Crippen molar-refractivity contribution in [3.05, 3.63) is 48.2 Å². The van der Waals surface area contributed by atoms with Crippen LogP contribution in [0, 0.1) is 11.8 Å². The minimum absolute atomic E-state index is 0.747. The van der Waals surface area contributed by atoms with Crippen molar-refractivity contribution in [1.82, 2.24) is 4.98 Å². The van der Waals surface area contributed by atoms with E-state index in [0.29, 0.717) is 0 Å². The maximum atomic E-state index is 5.64. The van der Waals surface area contributed by atoms with Gasteiger partial charge in [0, 0.05) is 5.56 Å². The van der Waals surface area contributed by atoms with Crippen molar-refractivity contribution < 1.29 is 4.74 Å². The zero-order chi connectivity index (χ0) is 22.4. The summed E-state index contributed by atoms with van der Waals surface area (Å²) in [5.74, 6) is 2.79. The molecule has 0 spiro atoms. The summed E-state index contributed by atoms with van der Waals surface area (Å²) in [5.41, 5.74) is 3.67. The Morgan fingerprint density at radius 2 is 1.56 bits per heavy atom. The number of hydrogen-bond donors (Lipinski definition) is 0. The first-order valence-corrected chi connectivity index (χ1v) is 13.5. The van der Waals surface area contributed by atoms with Crippen molar-refractivity contribution in [2.24, 2.45) is 11.8 Å². The fourth-order valence-corrected chi connectivity index (χ4v) is 5.21. The highest BCUT2D eigenvalue weighted by atomic mass is 16.5. The Bertz CT molecular complexity index is 736. The molecule has 1 aromatic heterocycles. The van der Waals surface area contributed by atoms with Gasteiger partial charge in [0.05, 0.1) is 18.5 Å². The molecule has 2 aromatic rings. The third kappa shape index (κ3) is 8.60. The highest BCUT2D eigenvalue weighted by molar-refractivity contribution is 5.59. The van der Waals surface area contributed by atoms with Gasteiger partial charge < -0.3 is 4.74 Å². The Hall–Kier alpha value is -1.83. The molecule has 2 heteroatoms. The lowest BCUT2D eigenvalue weighted by molar-refractivity contribution is 0.239. The lowest BCUT2D eigenvalue weighted by Crippen LogP contribution is -2.16. The number of nitrogens with zero attached hydrogens (tertiary/aromatic N) is 1. The third-order valence-corrected chi connectivity index (χ3v) is 7.16. The number of aromatic nitrogens is 1. The molecule has 32 heavy (non-hydrogen) atoms. The standard InChI is InChI=1S/C30H45NO/c1-3-5-6-7-8-9-11-26-12-10-13-27(23-26)15-14-25-16-18-28(19-17-25)30-21-20-29(24-31-30)32-22-4-2/h16-21,24,26-27H,3-15,22-23H2,1-2H3. The zero-order valence-electron chi connectivity index (χ0n) is 20.7. The molecule has 0 aliphatic heterocycles. The molecular weight excluding hydrogens is 390 g/mol. The van der Waals surface area contributed by atoms with Gasteiger partial charge >= 0.3 is 0 Å². The molecule has 0 amide bonds. The van der Waals surface area contributed by atoms with E-state index in [9.17, 15) is 0 Å². The Morgan fingerprint density at radius 1 is 0.812 bits per heavy atom. The summed E-state index contributed by atoms with van der Waals surface area (Å²) in [6, 6.07) is 13.1. The van der Waals surface area contributed by atoms with Crippen LogP contribution in [-0.2, 0) is 6.42 Å². The molecule has 176 valence electrons. The first-order valence-electron chi connectivity index (χ1n) is 13.5. The predicted molar refractivity (Wildman–Crippen MR) is 137 cm³/mol. The van der Waals surface area contributed by atoms with Gasteiger partial charge in [-0.2, -0.15) is 0 Å². The average Bonchev–Trinajstić information content (AvgIpc) is 2.84. The number of rotatable bonds is 14. The Morgan fingerprint density at radius 3 is 2.28 bits per heavy atom. The van der Waals surface area contributed by atoms with Crippen molar-refractivity contribution in [3.8, 4) is 17.0 Å². The van der Waals surface area contributed by atoms with Gasteiger partial charge in [-0.05, 0) is 55.2 Å². The molecule has 1 aliphatic carbocycles. The van der Waals surface area contributed by atoms with Crippen LogP contribution in [0.25, 0.3) is 11.3 Å². The summed E-state index contributed by atoms with van der Waals surface area (Å²) >= 11 is 0. The van der Waals surface area contributed by atoms with Crippen LogP contribution in [0.5, 0.6) is 5.75 Å². The third-order valence-electron chi connectivity index (χ3n) is 7.16. The van der Waals surface area contributed by atoms with Crippen molar-refractivity contribution in [3.63, 3.8) is 0 Å². The van der Waals surface area contributed by atoms with E-state index in [4.69, 9.17) is 4.74 Å². The van der Waals surface area contributed by atoms with Gasteiger partial charge in [-0.15, -0.1) is 0 Å². The quantitative estimate of drug-likeness (QED) is 0.276. The number of aryl methyl sites for hydroxylation is 1. The second kappa shape index (κ2) is 14.3. The number of unbranched alkanes of at least 4 members (excludes halogenated alkanes) is 5. The van der Waals surface area contributed by atoms with E-state index in [1.165, 1.54) is 94.6 Å². The molecule has 1 fully saturated rings. The molecule has 0 radical (unpaired) electrons. The first kappa shape index (κ1) is 24.8. The minimum atomic E-state index is 0.747. The Labute approximate surface area is 197 Å². The van der Waals surface area contributed by atoms with Crippen molar-refractivity contribution in [1.29, 1.82) is 0 Å². The summed E-state index contributed by atoms with van der Waals surface area (Å²) in [6.45, 7) is 5.17. The van der Waals surface area contributed by atoms with Gasteiger partial charge in [0.2, 0.25) is 0 Å². The molecule has 3 rings (SSSR count). The van der Waals surface area contributed by atoms with Crippen LogP contribution in [-0.4, -0.2) is 11.6 Å². The molecule has 2 unspecified atom stereocenters. The molecule has 0 saturated heterocycles. The molecule has 2 nitrogen and oxygen atoms in total. The van der Waals surface area contributed by atoms with Crippen molar-refractivity contribution in [2.75, 3.05) is 6.61 Å². The number of benzene rings is 1. The fourth-order valence-electron chi connectivity index (χ4n) is 5.21. The summed E-state index contributed by atoms with van der Waals surface area (Å²) in [4.78, 5) is 4.58. The summed E-state index contributed by atoms with van der Waals surface area (Å²) in [6.07, 6.45) is 21.3. The number of ether oxygens (including phenoxy) is 1. The second-order valence-electron chi connectivity index (χ2n) is 9.92. The molecule has 1 aromatic carbocycles. The summed E-state index contributed by atoms with van der Waals surface area (Å²) in [5, 5.41) is 0. The van der Waals surface area contributed by atoms with Crippen LogP contribution in [0.3, 0.4) is 0 Å². The zero-order valence-corrected chi connectivity index (χ0v) is 20.7. The van der Waals surface area contributed by atoms with E-state index >= 15 is 0 Å². The largest absolute Gasteiger partial charge is 0.492 e. The lowest BCUT2D eigenvalue weighted by Gasteiger charge is -2.29. The van der Waals surface area contributed by atoms with Crippen LogP contribution in [0.2, 0.25) is 0 Å². The fraction of sp³-hybridized carbons (Fsp3) is 0.633. The topological polar surface area (TPSA) is 22.1 Å². The smallest absolute Gasteiger partial charge is 0.137 e. The van der Waals surface area contributed by atoms with E-state index in [0.717, 1.165) is 36.3 Å². The summed E-state index contributed by atoms with van der Waals surface area (Å²) in [7, 11) is 0. The molecule has 0 bridgehead atoms. The molecule has 1 aliphatic rings. The first-order chi connectivity index (χ1) is 15.8. The molecule has 2 atom stereocenters. The minimum Gasteiger partial charge on any atom is -0.492 e. The Balaban J connectivity index is 1.39. The second-order valence-corrected chi connectivity index (χ2v) is 9.92. The maximum absolute atomic E-state index is 5.64. The number of hydrogen-bond acceptors (Lipinski definition) is 2. The van der Waals surface area contributed by atoms with E-state index in [1.807, 2.05) is 12.3 Å². The van der Waals surface area contributed by atoms with Gasteiger partial charge in [-0.3, -0.25) is 4.98 Å². The van der Waals surface area contributed by atoms with E-state index < -0.39 is 0 Å². The molecule has 1 heterocycles. The average molecular weight is 436 g/mol. The van der Waals surface area contributed by atoms with Crippen LogP contribution in [0.1, 0.15) is 103 Å². The van der Waals surface area contributed by atoms with Gasteiger partial charge in [0.1, 0.15) is 5.75 Å². The van der Waals surface area contributed by atoms with Crippen LogP contribution in [0.15, 0.2) is 42.6 Å². The lowest BCUT2D eigenvalue weighted by atomic mass is 9.77.